The molecule has 0 aliphatic rings. The van der Waals surface area contributed by atoms with Gasteiger partial charge in [0, 0.05) is 0 Å². The third-order valence-electron chi connectivity index (χ3n) is 3.65. The largest absolute Gasteiger partial charge is 0.480 e. The maximum atomic E-state index is 12.6. The third kappa shape index (κ3) is 11.5. The SMILES string of the molecule is CSCCC(NC(=O)C(CCCCN)NC(=O)C(C)N)C(=O)NCC(=O)O. The predicted molar refractivity (Wildman–Crippen MR) is 104 cm³/mol. The highest BCUT2D eigenvalue weighted by Gasteiger charge is 2.27. The van der Waals surface area contributed by atoms with Gasteiger partial charge >= 0.3 is 5.97 Å². The van der Waals surface area contributed by atoms with Crippen LogP contribution in [0.3, 0.4) is 0 Å². The number of carboxylic acid groups (broad SMARTS) is 1. The van der Waals surface area contributed by atoms with Gasteiger partial charge in [0.1, 0.15) is 18.6 Å². The molecule has 0 rings (SSSR count). The summed E-state index contributed by atoms with van der Waals surface area (Å²) in [4.78, 5) is 47.3. The average Bonchev–Trinajstić information content (AvgIpc) is 2.61. The molecule has 27 heavy (non-hydrogen) atoms. The van der Waals surface area contributed by atoms with Crippen LogP contribution in [-0.2, 0) is 19.2 Å². The lowest BCUT2D eigenvalue weighted by Gasteiger charge is -2.23. The Labute approximate surface area is 163 Å². The number of amides is 3. The number of carbonyl (C=O) groups is 4. The predicted octanol–water partition coefficient (Wildman–Crippen LogP) is -1.61. The highest BCUT2D eigenvalue weighted by molar-refractivity contribution is 7.98. The minimum absolute atomic E-state index is 0.328. The van der Waals surface area contributed by atoms with Gasteiger partial charge in [-0.15, -0.1) is 0 Å². The standard InChI is InChI=1S/C16H31N5O5S/c1-10(18)14(24)20-11(5-3-4-7-17)16(26)21-12(6-8-27-2)15(25)19-9-13(22)23/h10-12H,3-9,17-18H2,1-2H3,(H,19,25)(H,20,24)(H,21,26)(H,22,23). The molecule has 0 saturated heterocycles. The van der Waals surface area contributed by atoms with Crippen LogP contribution in [0.5, 0.6) is 0 Å². The van der Waals surface area contributed by atoms with Gasteiger partial charge in [0.2, 0.25) is 17.7 Å². The Kier molecular flexibility index (Phi) is 13.3. The maximum Gasteiger partial charge on any atom is 0.322 e. The van der Waals surface area contributed by atoms with Crippen molar-refractivity contribution in [1.29, 1.82) is 0 Å². The minimum Gasteiger partial charge on any atom is -0.480 e. The van der Waals surface area contributed by atoms with E-state index in [4.69, 9.17) is 16.6 Å². The Hall–Kier alpha value is -1.85. The summed E-state index contributed by atoms with van der Waals surface area (Å²) in [5.74, 6) is -2.16. The average molecular weight is 406 g/mol. The number of carbonyl (C=O) groups excluding carboxylic acids is 3. The fraction of sp³-hybridized carbons (Fsp3) is 0.750. The topological polar surface area (TPSA) is 177 Å². The first kappa shape index (κ1) is 25.1. The van der Waals surface area contributed by atoms with E-state index in [1.807, 2.05) is 6.26 Å². The number of nitrogens with one attached hydrogen (secondary N) is 3. The van der Waals surface area contributed by atoms with Crippen LogP contribution in [0, 0.1) is 0 Å². The van der Waals surface area contributed by atoms with Gasteiger partial charge in [-0.05, 0) is 51.2 Å². The van der Waals surface area contributed by atoms with E-state index in [9.17, 15) is 19.2 Å². The lowest BCUT2D eigenvalue weighted by molar-refractivity contribution is -0.138. The van der Waals surface area contributed by atoms with E-state index in [1.54, 1.807) is 0 Å². The van der Waals surface area contributed by atoms with E-state index < -0.39 is 48.4 Å². The molecule has 11 heteroatoms. The minimum atomic E-state index is -1.18. The number of unbranched alkanes of at least 4 members (excludes halogenated alkanes) is 1. The molecule has 156 valence electrons. The Morgan fingerprint density at radius 3 is 2.11 bits per heavy atom. The number of carboxylic acids is 1. The van der Waals surface area contributed by atoms with Crippen molar-refractivity contribution >= 4 is 35.5 Å². The lowest BCUT2D eigenvalue weighted by atomic mass is 10.1. The number of aliphatic carboxylic acids is 1. The third-order valence-corrected chi connectivity index (χ3v) is 4.29. The molecule has 3 unspecified atom stereocenters. The maximum absolute atomic E-state index is 12.6. The smallest absolute Gasteiger partial charge is 0.322 e. The Bertz CT molecular complexity index is 504. The summed E-state index contributed by atoms with van der Waals surface area (Å²) >= 11 is 1.49. The second kappa shape index (κ2) is 14.2. The van der Waals surface area contributed by atoms with Crippen LogP contribution >= 0.6 is 11.8 Å². The normalized spacial score (nSPS) is 13.9. The van der Waals surface area contributed by atoms with Crippen LogP contribution in [-0.4, -0.2) is 72.0 Å². The van der Waals surface area contributed by atoms with E-state index in [1.165, 1.54) is 18.7 Å². The summed E-state index contributed by atoms with van der Waals surface area (Å²) in [6, 6.07) is -2.52. The van der Waals surface area contributed by atoms with Crippen LogP contribution < -0.4 is 27.4 Å². The lowest BCUT2D eigenvalue weighted by Crippen LogP contribution is -2.55. The molecule has 0 aromatic heterocycles. The molecule has 3 amide bonds. The molecule has 0 aliphatic carbocycles. The van der Waals surface area contributed by atoms with Gasteiger partial charge in [-0.2, -0.15) is 11.8 Å². The van der Waals surface area contributed by atoms with E-state index in [2.05, 4.69) is 16.0 Å². The fourth-order valence-electron chi connectivity index (χ4n) is 2.13. The van der Waals surface area contributed by atoms with E-state index in [0.717, 1.165) is 0 Å². The Morgan fingerprint density at radius 1 is 1.00 bits per heavy atom. The van der Waals surface area contributed by atoms with Crippen molar-refractivity contribution in [2.75, 3.05) is 25.1 Å². The van der Waals surface area contributed by atoms with Crippen LogP contribution in [0.1, 0.15) is 32.6 Å². The van der Waals surface area contributed by atoms with E-state index in [-0.39, 0.29) is 0 Å². The first-order valence-corrected chi connectivity index (χ1v) is 10.2. The van der Waals surface area contributed by atoms with Gasteiger partial charge in [-0.1, -0.05) is 0 Å². The van der Waals surface area contributed by atoms with Crippen LogP contribution in [0.25, 0.3) is 0 Å². The summed E-state index contributed by atoms with van der Waals surface area (Å²) < 4.78 is 0. The highest BCUT2D eigenvalue weighted by Crippen LogP contribution is 2.05. The zero-order valence-corrected chi connectivity index (χ0v) is 16.6. The molecule has 0 spiro atoms. The van der Waals surface area contributed by atoms with Crippen molar-refractivity contribution in [3.63, 3.8) is 0 Å². The number of rotatable bonds is 14. The first-order valence-electron chi connectivity index (χ1n) is 8.77. The molecule has 0 radical (unpaired) electrons. The highest BCUT2D eigenvalue weighted by atomic mass is 32.2. The van der Waals surface area contributed by atoms with Crippen molar-refractivity contribution in [2.24, 2.45) is 11.5 Å². The number of hydrogen-bond donors (Lipinski definition) is 6. The second-order valence-corrected chi connectivity index (χ2v) is 7.07. The van der Waals surface area contributed by atoms with Crippen molar-refractivity contribution < 1.29 is 24.3 Å². The van der Waals surface area contributed by atoms with Crippen molar-refractivity contribution in [3.05, 3.63) is 0 Å². The van der Waals surface area contributed by atoms with Crippen LogP contribution in [0.4, 0.5) is 0 Å². The summed E-state index contributed by atoms with van der Waals surface area (Å²) in [6.45, 7) is 1.43. The number of thioether (sulfide) groups is 1. The molecule has 0 fully saturated rings. The fourth-order valence-corrected chi connectivity index (χ4v) is 2.60. The summed E-state index contributed by atoms with van der Waals surface area (Å²) in [5, 5.41) is 16.1. The second-order valence-electron chi connectivity index (χ2n) is 6.09. The molecule has 0 saturated carbocycles. The molecule has 0 aromatic carbocycles. The Morgan fingerprint density at radius 2 is 1.59 bits per heavy atom. The van der Waals surface area contributed by atoms with Crippen LogP contribution in [0.2, 0.25) is 0 Å². The molecule has 0 aromatic rings. The van der Waals surface area contributed by atoms with Crippen LogP contribution in [0.15, 0.2) is 0 Å². The molecule has 0 heterocycles. The molecule has 0 aliphatic heterocycles. The Balaban J connectivity index is 5.04. The van der Waals surface area contributed by atoms with Gasteiger partial charge in [0.15, 0.2) is 0 Å². The first-order chi connectivity index (χ1) is 12.7. The van der Waals surface area contributed by atoms with E-state index in [0.29, 0.717) is 38.0 Å². The molecule has 3 atom stereocenters. The summed E-state index contributed by atoms with van der Waals surface area (Å²) in [7, 11) is 0. The quantitative estimate of drug-likeness (QED) is 0.187. The number of hydrogen-bond acceptors (Lipinski definition) is 7. The number of nitrogens with two attached hydrogens (primary N) is 2. The molecular formula is C16H31N5O5S. The molecule has 0 bridgehead atoms. The molecule has 8 N–H and O–H groups in total. The van der Waals surface area contributed by atoms with Crippen molar-refractivity contribution in [2.45, 2.75) is 50.7 Å². The van der Waals surface area contributed by atoms with Gasteiger partial charge < -0.3 is 32.5 Å². The zero-order chi connectivity index (χ0) is 20.8. The van der Waals surface area contributed by atoms with Gasteiger partial charge in [-0.25, -0.2) is 0 Å². The van der Waals surface area contributed by atoms with Gasteiger partial charge in [0.05, 0.1) is 6.04 Å². The molecule has 10 nitrogen and oxygen atoms in total. The van der Waals surface area contributed by atoms with Gasteiger partial charge in [0.25, 0.3) is 0 Å². The zero-order valence-electron chi connectivity index (χ0n) is 15.8. The van der Waals surface area contributed by atoms with Gasteiger partial charge in [-0.3, -0.25) is 19.2 Å². The van der Waals surface area contributed by atoms with Crippen molar-refractivity contribution in [1.82, 2.24) is 16.0 Å². The molecular weight excluding hydrogens is 374 g/mol. The van der Waals surface area contributed by atoms with Crippen molar-refractivity contribution in [3.8, 4) is 0 Å². The summed E-state index contributed by atoms with van der Waals surface area (Å²) in [6.07, 6.45) is 3.84. The van der Waals surface area contributed by atoms with E-state index >= 15 is 0 Å². The summed E-state index contributed by atoms with van der Waals surface area (Å²) in [5.41, 5.74) is 11.0. The monoisotopic (exact) mass is 405 g/mol.